The number of anilines is 1. The van der Waals surface area contributed by atoms with Crippen LogP contribution in [0.4, 0.5) is 5.69 Å². The molecule has 1 heterocycles. The zero-order valence-corrected chi connectivity index (χ0v) is 16.3. The number of thiocarbonyl (C=S) groups is 1. The van der Waals surface area contributed by atoms with Crippen molar-refractivity contribution in [1.82, 2.24) is 10.4 Å². The number of nitrogens with one attached hydrogen (secondary N) is 2. The molecule has 2 N–H and O–H groups in total. The van der Waals surface area contributed by atoms with E-state index >= 15 is 0 Å². The second-order valence-corrected chi connectivity index (χ2v) is 8.58. The van der Waals surface area contributed by atoms with E-state index in [4.69, 9.17) is 31.6 Å². The molecule has 0 spiro atoms. The third-order valence-electron chi connectivity index (χ3n) is 2.08. The van der Waals surface area contributed by atoms with Gasteiger partial charge < -0.3 is 5.32 Å². The molecule has 106 valence electrons. The Morgan fingerprint density at radius 1 is 1.14 bits per heavy atom. The molecule has 0 aliphatic heterocycles. The topological polar surface area (TPSA) is 49.3 Å². The van der Waals surface area contributed by atoms with Gasteiger partial charge in [0.15, 0.2) is 5.11 Å². The number of hydrogen-bond acceptors (Lipinski definition) is 3. The van der Waals surface area contributed by atoms with Crippen molar-refractivity contribution >= 4 is 48.6 Å². The summed E-state index contributed by atoms with van der Waals surface area (Å²) in [5.41, 5.74) is 4.42. The van der Waals surface area contributed by atoms with Crippen LogP contribution in [-0.2, 0) is 15.1 Å². The summed E-state index contributed by atoms with van der Waals surface area (Å²) in [6, 6.07) is 15.3. The second kappa shape index (κ2) is 11.6. The van der Waals surface area contributed by atoms with Gasteiger partial charge in [-0.25, -0.2) is 0 Å². The maximum atomic E-state index is 5.10. The van der Waals surface area contributed by atoms with Crippen molar-refractivity contribution in [2.45, 2.75) is 0 Å². The van der Waals surface area contributed by atoms with Crippen LogP contribution >= 0.6 is 31.6 Å². The number of aromatic nitrogens is 1. The first-order valence-corrected chi connectivity index (χ1v) is 14.1. The Balaban J connectivity index is 0.000000677. The SMILES string of the molecule is S=C(NN=Cc1ccccn1)Nc1ccccc1.[Cl][Zn][Cl]. The van der Waals surface area contributed by atoms with Crippen LogP contribution < -0.4 is 10.7 Å². The Hall–Kier alpha value is -1.07. The van der Waals surface area contributed by atoms with Gasteiger partial charge in [-0.2, -0.15) is 5.10 Å². The number of halogens is 2. The molecule has 1 aromatic carbocycles. The number of rotatable bonds is 3. The summed E-state index contributed by atoms with van der Waals surface area (Å²) in [6.45, 7) is 0. The van der Waals surface area contributed by atoms with Crippen LogP contribution in [0.1, 0.15) is 5.69 Å². The molecule has 0 aliphatic rings. The van der Waals surface area contributed by atoms with Crippen LogP contribution in [0.25, 0.3) is 0 Å². The third-order valence-corrected chi connectivity index (χ3v) is 2.28. The van der Waals surface area contributed by atoms with Crippen LogP contribution in [0.15, 0.2) is 59.8 Å². The minimum absolute atomic E-state index is 0.438. The number of para-hydroxylation sites is 1. The summed E-state index contributed by atoms with van der Waals surface area (Å²) in [5, 5.41) is 7.45. The molecule has 1 aromatic heterocycles. The Morgan fingerprint density at radius 3 is 2.43 bits per heavy atom. The predicted octanol–water partition coefficient (Wildman–Crippen LogP) is 3.78. The van der Waals surface area contributed by atoms with Gasteiger partial charge in [0, 0.05) is 11.9 Å². The van der Waals surface area contributed by atoms with E-state index in [0.717, 1.165) is 11.4 Å². The third kappa shape index (κ3) is 8.73. The average molecular weight is 393 g/mol. The van der Waals surface area contributed by atoms with Gasteiger partial charge in [-0.1, -0.05) is 24.3 Å². The molecule has 0 aliphatic carbocycles. The first kappa shape index (κ1) is 18.0. The van der Waals surface area contributed by atoms with Gasteiger partial charge in [0.05, 0.1) is 11.9 Å². The molecule has 0 fully saturated rings. The molecular weight excluding hydrogens is 381 g/mol. The number of nitrogens with zero attached hydrogens (tertiary/aromatic N) is 2. The standard InChI is InChI=1S/C13H12N4S.2ClH.Zn/c18-13(16-11-6-2-1-3-7-11)17-15-10-12-8-4-5-9-14-12;;;/h1-10H,(H2,16,17,18);2*1H;/q;;;+2/p-2. The van der Waals surface area contributed by atoms with Crippen molar-refractivity contribution < 1.29 is 15.1 Å². The van der Waals surface area contributed by atoms with Crippen molar-refractivity contribution in [2.75, 3.05) is 5.32 Å². The average Bonchev–Trinajstić information content (AvgIpc) is 2.50. The van der Waals surface area contributed by atoms with E-state index in [1.54, 1.807) is 12.4 Å². The van der Waals surface area contributed by atoms with Gasteiger partial charge in [0.25, 0.3) is 0 Å². The Labute approximate surface area is 144 Å². The van der Waals surface area contributed by atoms with E-state index in [9.17, 15) is 0 Å². The van der Waals surface area contributed by atoms with Crippen LogP contribution in [0, 0.1) is 0 Å². The fraction of sp³-hybridized carbons (Fsp3) is 0. The molecule has 0 atom stereocenters. The molecule has 0 unspecified atom stereocenters. The zero-order valence-electron chi connectivity index (χ0n) is 11.0. The van der Waals surface area contributed by atoms with E-state index in [1.807, 2.05) is 48.5 Å². The summed E-state index contributed by atoms with van der Waals surface area (Å²) >= 11 is 4.16. The molecule has 0 saturated carbocycles. The molecular formula is C13H12Cl2N4SZn. The van der Waals surface area contributed by atoms with Crippen molar-refractivity contribution in [3.63, 3.8) is 0 Å². The summed E-state index contributed by atoms with van der Waals surface area (Å²) in [7, 11) is 9.90. The fourth-order valence-corrected chi connectivity index (χ4v) is 1.46. The fourth-order valence-electron chi connectivity index (χ4n) is 1.29. The van der Waals surface area contributed by atoms with Gasteiger partial charge in [0.1, 0.15) is 0 Å². The van der Waals surface area contributed by atoms with E-state index < -0.39 is 15.1 Å². The van der Waals surface area contributed by atoms with E-state index in [1.165, 1.54) is 0 Å². The Kier molecular flexibility index (Phi) is 9.91. The monoisotopic (exact) mass is 390 g/mol. The Bertz CT molecular complexity index is 555. The molecule has 8 heteroatoms. The van der Waals surface area contributed by atoms with Crippen LogP contribution in [0.3, 0.4) is 0 Å². The van der Waals surface area contributed by atoms with Crippen LogP contribution in [-0.4, -0.2) is 16.3 Å². The number of benzene rings is 1. The quantitative estimate of drug-likeness (QED) is 0.361. The molecule has 2 rings (SSSR count). The Morgan fingerprint density at radius 2 is 1.81 bits per heavy atom. The summed E-state index contributed by atoms with van der Waals surface area (Å²) in [6.07, 6.45) is 3.32. The van der Waals surface area contributed by atoms with Crippen LogP contribution in [0.2, 0.25) is 0 Å². The normalized spacial score (nSPS) is 9.24. The zero-order chi connectivity index (χ0) is 15.3. The van der Waals surface area contributed by atoms with Gasteiger partial charge in [-0.05, 0) is 36.5 Å². The summed E-state index contributed by atoms with van der Waals surface area (Å²) < 4.78 is 0. The van der Waals surface area contributed by atoms with Gasteiger partial charge >= 0.3 is 34.5 Å². The number of pyridine rings is 1. The first-order chi connectivity index (χ1) is 10.3. The summed E-state index contributed by atoms with van der Waals surface area (Å²) in [4.78, 5) is 4.11. The second-order valence-electron chi connectivity index (χ2n) is 3.55. The van der Waals surface area contributed by atoms with Gasteiger partial charge in [0.2, 0.25) is 0 Å². The molecule has 0 amide bonds. The minimum atomic E-state index is -0.931. The summed E-state index contributed by atoms with van der Waals surface area (Å²) in [5.74, 6) is 0. The molecule has 0 saturated heterocycles. The van der Waals surface area contributed by atoms with E-state index in [0.29, 0.717) is 5.11 Å². The number of hydrazone groups is 1. The van der Waals surface area contributed by atoms with Crippen molar-refractivity contribution in [3.8, 4) is 0 Å². The molecule has 21 heavy (non-hydrogen) atoms. The maximum absolute atomic E-state index is 5.10. The van der Waals surface area contributed by atoms with Crippen molar-refractivity contribution in [1.29, 1.82) is 0 Å². The first-order valence-electron chi connectivity index (χ1n) is 5.94. The van der Waals surface area contributed by atoms with Crippen LogP contribution in [0.5, 0.6) is 0 Å². The predicted molar refractivity (Wildman–Crippen MR) is 89.3 cm³/mol. The molecule has 0 bridgehead atoms. The number of hydrogen-bond donors (Lipinski definition) is 2. The van der Waals surface area contributed by atoms with Gasteiger partial charge in [-0.15, -0.1) is 0 Å². The van der Waals surface area contributed by atoms with Gasteiger partial charge in [-0.3, -0.25) is 10.4 Å². The molecule has 4 nitrogen and oxygen atoms in total. The molecule has 0 radical (unpaired) electrons. The van der Waals surface area contributed by atoms with E-state index in [2.05, 4.69) is 20.8 Å². The molecule has 2 aromatic rings. The van der Waals surface area contributed by atoms with Crippen molar-refractivity contribution in [2.24, 2.45) is 5.10 Å². The van der Waals surface area contributed by atoms with Crippen molar-refractivity contribution in [3.05, 3.63) is 60.4 Å². The van der Waals surface area contributed by atoms with E-state index in [-0.39, 0.29) is 0 Å².